The predicted molar refractivity (Wildman–Crippen MR) is 110 cm³/mol. The van der Waals surface area contributed by atoms with Gasteiger partial charge in [-0.25, -0.2) is 4.79 Å². The van der Waals surface area contributed by atoms with Gasteiger partial charge in [-0.05, 0) is 42.3 Å². The van der Waals surface area contributed by atoms with Gasteiger partial charge in [-0.15, -0.1) is 11.8 Å². The van der Waals surface area contributed by atoms with E-state index in [0.29, 0.717) is 46.3 Å². The fraction of sp³-hybridized carbons (Fsp3) is 0.350. The van der Waals surface area contributed by atoms with Crippen LogP contribution in [0.4, 0.5) is 13.2 Å². The Balaban J connectivity index is 1.69. The number of rotatable bonds is 6. The molecule has 1 aromatic heterocycles. The Morgan fingerprint density at radius 2 is 2.00 bits per heavy atom. The summed E-state index contributed by atoms with van der Waals surface area (Å²) < 4.78 is 42.7. The molecule has 0 radical (unpaired) electrons. The van der Waals surface area contributed by atoms with Crippen LogP contribution in [0.25, 0.3) is 0 Å². The number of hydrogen-bond donors (Lipinski definition) is 2. The van der Waals surface area contributed by atoms with Crippen molar-refractivity contribution in [3.05, 3.63) is 58.4 Å². The first-order chi connectivity index (χ1) is 14.8. The molecule has 166 valence electrons. The van der Waals surface area contributed by atoms with Crippen LogP contribution in [0.3, 0.4) is 0 Å². The van der Waals surface area contributed by atoms with Crippen molar-refractivity contribution in [3.63, 3.8) is 0 Å². The zero-order valence-corrected chi connectivity index (χ0v) is 17.7. The normalized spacial score (nSPS) is 16.2. The molecule has 1 unspecified atom stereocenters. The number of fused-ring (bicyclic) bond motifs is 1. The van der Waals surface area contributed by atoms with Crippen molar-refractivity contribution >= 4 is 35.2 Å². The second-order valence-corrected chi connectivity index (χ2v) is 8.14. The maximum atomic E-state index is 12.7. The third kappa shape index (κ3) is 6.11. The molecular formula is C20H19ClF3N3O3S. The number of amides is 1. The van der Waals surface area contributed by atoms with E-state index in [-0.39, 0.29) is 12.5 Å². The molecule has 1 amide bonds. The molecule has 6 nitrogen and oxygen atoms in total. The number of hydrogen-bond acceptors (Lipinski definition) is 6. The molecule has 1 aliphatic heterocycles. The molecule has 0 spiro atoms. The summed E-state index contributed by atoms with van der Waals surface area (Å²) in [5.74, 6) is -1.97. The molecule has 2 heterocycles. The number of aromatic nitrogens is 1. The van der Waals surface area contributed by atoms with Gasteiger partial charge in [0.25, 0.3) is 5.91 Å². The Labute approximate surface area is 185 Å². The third-order valence-electron chi connectivity index (χ3n) is 4.53. The summed E-state index contributed by atoms with van der Waals surface area (Å²) in [5, 5.41) is 6.24. The monoisotopic (exact) mass is 473 g/mol. The molecular weight excluding hydrogens is 455 g/mol. The summed E-state index contributed by atoms with van der Waals surface area (Å²) in [5.41, 5.74) is 1.73. The number of nitrogens with zero attached hydrogens (tertiary/aromatic N) is 1. The maximum Gasteiger partial charge on any atom is 0.490 e. The van der Waals surface area contributed by atoms with E-state index in [1.807, 2.05) is 0 Å². The Hall–Kier alpha value is -2.30. The van der Waals surface area contributed by atoms with Crippen LogP contribution >= 0.6 is 23.4 Å². The molecule has 3 rings (SSSR count). The number of benzene rings is 1. The number of pyridine rings is 1. The highest BCUT2D eigenvalue weighted by Crippen LogP contribution is 2.37. The quantitative estimate of drug-likeness (QED) is 0.379. The lowest BCUT2D eigenvalue weighted by molar-refractivity contribution is -0.205. The van der Waals surface area contributed by atoms with E-state index in [4.69, 9.17) is 16.3 Å². The lowest BCUT2D eigenvalue weighted by atomic mass is 10.0. The standard InChI is InChI=1S/C20H19ClF3N3O3S/c21-15-2-1-13-14(5-8-26-11-16(13)30-19(29)20(22,23)24)17(15)31-10-9-27-18(28)12-3-6-25-7-4-12/h1-4,6-7,16,26H,5,8-11H2,(H,27,28). The van der Waals surface area contributed by atoms with Crippen LogP contribution in [0.2, 0.25) is 5.02 Å². The van der Waals surface area contributed by atoms with Crippen LogP contribution in [-0.4, -0.2) is 48.4 Å². The van der Waals surface area contributed by atoms with E-state index in [0.717, 1.165) is 5.56 Å². The molecule has 0 saturated heterocycles. The first kappa shape index (κ1) is 23.4. The van der Waals surface area contributed by atoms with Gasteiger partial charge in [-0.3, -0.25) is 9.78 Å². The van der Waals surface area contributed by atoms with E-state index < -0.39 is 18.2 Å². The van der Waals surface area contributed by atoms with Crippen LogP contribution in [-0.2, 0) is 16.0 Å². The number of nitrogens with one attached hydrogen (secondary N) is 2. The van der Waals surface area contributed by atoms with Crippen molar-refractivity contribution in [3.8, 4) is 0 Å². The Kier molecular flexibility index (Phi) is 7.79. The molecule has 0 aliphatic carbocycles. The molecule has 2 N–H and O–H groups in total. The number of halogens is 4. The molecule has 1 aliphatic rings. The van der Waals surface area contributed by atoms with Crippen molar-refractivity contribution in [2.45, 2.75) is 23.6 Å². The van der Waals surface area contributed by atoms with Crippen LogP contribution in [0.1, 0.15) is 27.6 Å². The molecule has 2 aromatic rings. The maximum absolute atomic E-state index is 12.7. The SMILES string of the molecule is O=C(NCCSc1c(Cl)ccc2c1CCNCC2OC(=O)C(F)(F)F)c1ccncc1. The topological polar surface area (TPSA) is 80.3 Å². The van der Waals surface area contributed by atoms with Crippen LogP contribution in [0, 0.1) is 0 Å². The molecule has 1 atom stereocenters. The molecule has 31 heavy (non-hydrogen) atoms. The Morgan fingerprint density at radius 3 is 2.71 bits per heavy atom. The molecule has 11 heteroatoms. The van der Waals surface area contributed by atoms with E-state index in [2.05, 4.69) is 15.6 Å². The van der Waals surface area contributed by atoms with Crippen molar-refractivity contribution < 1.29 is 27.5 Å². The Bertz CT molecular complexity index is 945. The number of thioether (sulfide) groups is 1. The van der Waals surface area contributed by atoms with Crippen LogP contribution in [0.15, 0.2) is 41.6 Å². The van der Waals surface area contributed by atoms with Gasteiger partial charge in [0, 0.05) is 41.7 Å². The van der Waals surface area contributed by atoms with Gasteiger partial charge in [0.1, 0.15) is 6.10 Å². The number of carbonyl (C=O) groups is 2. The third-order valence-corrected chi connectivity index (χ3v) is 6.12. The molecule has 0 fully saturated rings. The van der Waals surface area contributed by atoms with Crippen molar-refractivity contribution in [2.75, 3.05) is 25.4 Å². The number of alkyl halides is 3. The summed E-state index contributed by atoms with van der Waals surface area (Å²) in [6.07, 6.45) is -2.57. The highest BCUT2D eigenvalue weighted by molar-refractivity contribution is 7.99. The zero-order chi connectivity index (χ0) is 22.4. The lowest BCUT2D eigenvalue weighted by Crippen LogP contribution is -2.30. The first-order valence-electron chi connectivity index (χ1n) is 9.38. The van der Waals surface area contributed by atoms with Crippen molar-refractivity contribution in [1.82, 2.24) is 15.6 Å². The van der Waals surface area contributed by atoms with E-state index >= 15 is 0 Å². The van der Waals surface area contributed by atoms with Gasteiger partial charge in [0.2, 0.25) is 0 Å². The van der Waals surface area contributed by atoms with Gasteiger partial charge in [0.05, 0.1) is 5.02 Å². The second kappa shape index (κ2) is 10.3. The minimum absolute atomic E-state index is 0.0720. The predicted octanol–water partition coefficient (Wildman–Crippen LogP) is 3.55. The van der Waals surface area contributed by atoms with E-state index in [1.54, 1.807) is 24.3 Å². The van der Waals surface area contributed by atoms with E-state index in [1.165, 1.54) is 24.2 Å². The average molecular weight is 474 g/mol. The molecule has 1 aromatic carbocycles. The zero-order valence-electron chi connectivity index (χ0n) is 16.2. The number of ether oxygens (including phenoxy) is 1. The first-order valence-corrected chi connectivity index (χ1v) is 10.7. The van der Waals surface area contributed by atoms with Crippen molar-refractivity contribution in [1.29, 1.82) is 0 Å². The lowest BCUT2D eigenvalue weighted by Gasteiger charge is -2.21. The van der Waals surface area contributed by atoms with Gasteiger partial charge in [-0.1, -0.05) is 17.7 Å². The fourth-order valence-corrected chi connectivity index (χ4v) is 4.46. The largest absolute Gasteiger partial charge is 0.490 e. The highest BCUT2D eigenvalue weighted by atomic mass is 35.5. The fourth-order valence-electron chi connectivity index (χ4n) is 3.11. The van der Waals surface area contributed by atoms with Crippen LogP contribution < -0.4 is 10.6 Å². The van der Waals surface area contributed by atoms with Gasteiger partial charge in [0.15, 0.2) is 0 Å². The Morgan fingerprint density at radius 1 is 1.26 bits per heavy atom. The summed E-state index contributed by atoms with van der Waals surface area (Å²) in [6, 6.07) is 6.38. The minimum Gasteiger partial charge on any atom is -0.449 e. The molecule has 0 saturated carbocycles. The summed E-state index contributed by atoms with van der Waals surface area (Å²) >= 11 is 7.74. The summed E-state index contributed by atoms with van der Waals surface area (Å²) in [7, 11) is 0. The van der Waals surface area contributed by atoms with Crippen LogP contribution in [0.5, 0.6) is 0 Å². The number of carbonyl (C=O) groups excluding carboxylic acids is 2. The minimum atomic E-state index is -5.07. The summed E-state index contributed by atoms with van der Waals surface area (Å²) in [6.45, 7) is 0.929. The highest BCUT2D eigenvalue weighted by Gasteiger charge is 2.43. The molecule has 0 bridgehead atoms. The van der Waals surface area contributed by atoms with Crippen molar-refractivity contribution in [2.24, 2.45) is 0 Å². The second-order valence-electron chi connectivity index (χ2n) is 6.63. The van der Waals surface area contributed by atoms with Gasteiger partial charge in [-0.2, -0.15) is 13.2 Å². The average Bonchev–Trinajstić information content (AvgIpc) is 2.94. The van der Waals surface area contributed by atoms with Gasteiger partial charge < -0.3 is 15.4 Å². The number of esters is 1. The summed E-state index contributed by atoms with van der Waals surface area (Å²) in [4.78, 5) is 28.0. The smallest absolute Gasteiger partial charge is 0.449 e. The van der Waals surface area contributed by atoms with Gasteiger partial charge >= 0.3 is 12.1 Å². The van der Waals surface area contributed by atoms with E-state index in [9.17, 15) is 22.8 Å².